The van der Waals surface area contributed by atoms with Gasteiger partial charge in [0.2, 0.25) is 5.91 Å². The third kappa shape index (κ3) is 3.65. The molecule has 7 heteroatoms. The van der Waals surface area contributed by atoms with Crippen molar-refractivity contribution in [1.29, 1.82) is 0 Å². The summed E-state index contributed by atoms with van der Waals surface area (Å²) in [6.07, 6.45) is 1.44. The molecule has 6 nitrogen and oxygen atoms in total. The number of thiophene rings is 1. The second-order valence-corrected chi connectivity index (χ2v) is 8.54. The van der Waals surface area contributed by atoms with Crippen LogP contribution in [0.1, 0.15) is 36.6 Å². The fraction of sp³-hybridized carbons (Fsp3) is 0.273. The van der Waals surface area contributed by atoms with Crippen LogP contribution in [0, 0.1) is 13.8 Å². The first-order chi connectivity index (χ1) is 13.8. The average molecular weight is 407 g/mol. The summed E-state index contributed by atoms with van der Waals surface area (Å²) in [7, 11) is 0. The number of benzene rings is 1. The van der Waals surface area contributed by atoms with E-state index in [1.165, 1.54) is 27.8 Å². The number of nitrogens with one attached hydrogen (secondary N) is 1. The van der Waals surface area contributed by atoms with Gasteiger partial charge >= 0.3 is 0 Å². The van der Waals surface area contributed by atoms with E-state index in [9.17, 15) is 9.59 Å². The van der Waals surface area contributed by atoms with Gasteiger partial charge in [0.25, 0.3) is 5.56 Å². The molecule has 0 aliphatic carbocycles. The molecule has 0 bridgehead atoms. The van der Waals surface area contributed by atoms with Gasteiger partial charge < -0.3 is 5.32 Å². The number of nitrogens with zero attached hydrogens (tertiary/aromatic N) is 3. The van der Waals surface area contributed by atoms with Crippen LogP contribution in [0.2, 0.25) is 0 Å². The lowest BCUT2D eigenvalue weighted by Crippen LogP contribution is -2.27. The molecule has 3 aromatic heterocycles. The number of aromatic nitrogens is 3. The monoisotopic (exact) mass is 406 g/mol. The lowest BCUT2D eigenvalue weighted by molar-refractivity contribution is -0.116. The maximum absolute atomic E-state index is 12.9. The topological polar surface area (TPSA) is 76.9 Å². The van der Waals surface area contributed by atoms with E-state index in [1.807, 2.05) is 44.2 Å². The Kier molecular flexibility index (Phi) is 4.92. The minimum atomic E-state index is -0.267. The number of pyridine rings is 1. The second-order valence-electron chi connectivity index (χ2n) is 7.54. The molecule has 1 amide bonds. The Balaban J connectivity index is 1.61. The number of fused-ring (bicyclic) bond motifs is 3. The first-order valence-electron chi connectivity index (χ1n) is 9.49. The van der Waals surface area contributed by atoms with Gasteiger partial charge in [0.15, 0.2) is 0 Å². The maximum Gasteiger partial charge on any atom is 0.271 e. The number of hydrogen-bond donors (Lipinski definition) is 1. The van der Waals surface area contributed by atoms with Crippen molar-refractivity contribution in [2.24, 2.45) is 0 Å². The Bertz CT molecular complexity index is 1290. The number of rotatable bonds is 4. The summed E-state index contributed by atoms with van der Waals surface area (Å²) in [5.74, 6) is 0.163. The molecule has 0 saturated carbocycles. The normalized spacial score (nSPS) is 11.5. The highest BCUT2D eigenvalue weighted by molar-refractivity contribution is 7.25. The zero-order valence-corrected chi connectivity index (χ0v) is 17.6. The predicted molar refractivity (Wildman–Crippen MR) is 118 cm³/mol. The summed E-state index contributed by atoms with van der Waals surface area (Å²) >= 11 is 1.33. The molecular weight excluding hydrogens is 384 g/mol. The van der Waals surface area contributed by atoms with Crippen LogP contribution in [-0.4, -0.2) is 20.4 Å². The highest BCUT2D eigenvalue weighted by Crippen LogP contribution is 2.31. The largest absolute Gasteiger partial charge is 0.325 e. The fourth-order valence-corrected chi connectivity index (χ4v) is 4.62. The number of carbonyl (C=O) groups excluding carboxylic acids is 1. The van der Waals surface area contributed by atoms with E-state index < -0.39 is 0 Å². The van der Waals surface area contributed by atoms with Crippen LogP contribution in [0.25, 0.3) is 20.4 Å². The highest BCUT2D eigenvalue weighted by Gasteiger charge is 2.16. The Morgan fingerprint density at radius 2 is 1.93 bits per heavy atom. The first kappa shape index (κ1) is 19.3. The fourth-order valence-electron chi connectivity index (χ4n) is 3.42. The van der Waals surface area contributed by atoms with Crippen molar-refractivity contribution in [2.45, 2.75) is 40.2 Å². The summed E-state index contributed by atoms with van der Waals surface area (Å²) in [4.78, 5) is 35.2. The van der Waals surface area contributed by atoms with Gasteiger partial charge in [0, 0.05) is 16.8 Å². The summed E-state index contributed by atoms with van der Waals surface area (Å²) in [6.45, 7) is 8.08. The van der Waals surface area contributed by atoms with E-state index in [0.717, 1.165) is 21.5 Å². The molecule has 0 radical (unpaired) electrons. The third-order valence-corrected chi connectivity index (χ3v) is 5.98. The van der Waals surface area contributed by atoms with E-state index in [2.05, 4.69) is 29.1 Å². The van der Waals surface area contributed by atoms with Gasteiger partial charge in [-0.05, 0) is 49.1 Å². The average Bonchev–Trinajstić information content (AvgIpc) is 3.04. The van der Waals surface area contributed by atoms with E-state index in [1.54, 1.807) is 0 Å². The van der Waals surface area contributed by atoms with Crippen LogP contribution in [0.3, 0.4) is 0 Å². The predicted octanol–water partition coefficient (Wildman–Crippen LogP) is 4.39. The second kappa shape index (κ2) is 7.40. The van der Waals surface area contributed by atoms with Crippen LogP contribution >= 0.6 is 11.3 Å². The molecule has 1 aromatic carbocycles. The molecule has 0 saturated heterocycles. The molecule has 4 rings (SSSR count). The quantitative estimate of drug-likeness (QED) is 0.545. The number of hydrogen-bond acceptors (Lipinski definition) is 5. The van der Waals surface area contributed by atoms with Crippen molar-refractivity contribution in [2.75, 3.05) is 5.32 Å². The lowest BCUT2D eigenvalue weighted by atomic mass is 10.0. The first-order valence-corrected chi connectivity index (χ1v) is 10.3. The number of amides is 1. The van der Waals surface area contributed by atoms with Crippen molar-refractivity contribution in [3.05, 3.63) is 63.8 Å². The molecule has 1 N–H and O–H groups in total. The van der Waals surface area contributed by atoms with Crippen LogP contribution in [0.15, 0.2) is 41.5 Å². The highest BCUT2D eigenvalue weighted by atomic mass is 32.1. The number of anilines is 1. The zero-order valence-electron chi connectivity index (χ0n) is 16.8. The van der Waals surface area contributed by atoms with E-state index >= 15 is 0 Å². The van der Waals surface area contributed by atoms with Crippen LogP contribution < -0.4 is 10.9 Å². The molecule has 0 spiro atoms. The van der Waals surface area contributed by atoms with Gasteiger partial charge in [0.1, 0.15) is 16.1 Å². The molecule has 29 heavy (non-hydrogen) atoms. The molecule has 0 aliphatic rings. The van der Waals surface area contributed by atoms with Crippen molar-refractivity contribution < 1.29 is 4.79 Å². The number of aryl methyl sites for hydroxylation is 2. The van der Waals surface area contributed by atoms with Gasteiger partial charge in [-0.1, -0.05) is 26.0 Å². The van der Waals surface area contributed by atoms with Gasteiger partial charge in [-0.15, -0.1) is 11.3 Å². The van der Waals surface area contributed by atoms with E-state index in [0.29, 0.717) is 21.8 Å². The summed E-state index contributed by atoms with van der Waals surface area (Å²) in [5, 5.41) is 3.75. The molecular formula is C22H22N4O2S. The smallest absolute Gasteiger partial charge is 0.271 e. The minimum absolute atomic E-state index is 0.0899. The van der Waals surface area contributed by atoms with Crippen molar-refractivity contribution >= 4 is 43.4 Å². The van der Waals surface area contributed by atoms with E-state index in [-0.39, 0.29) is 18.0 Å². The Hall–Kier alpha value is -3.06. The van der Waals surface area contributed by atoms with Crippen LogP contribution in [0.4, 0.5) is 5.69 Å². The Labute approximate surface area is 172 Å². The SMILES string of the molecule is Cc1cc(C)c2c(n1)sc1c(=O)n(CC(=O)Nc3ccc(C(C)C)cc3)cnc12. The van der Waals surface area contributed by atoms with Crippen molar-refractivity contribution in [1.82, 2.24) is 14.5 Å². The Morgan fingerprint density at radius 3 is 2.62 bits per heavy atom. The van der Waals surface area contributed by atoms with Gasteiger partial charge in [-0.2, -0.15) is 0 Å². The van der Waals surface area contributed by atoms with Gasteiger partial charge in [-0.25, -0.2) is 9.97 Å². The van der Waals surface area contributed by atoms with Crippen molar-refractivity contribution in [3.8, 4) is 0 Å². The maximum atomic E-state index is 12.9. The molecule has 3 heterocycles. The molecule has 4 aromatic rings. The summed E-state index contributed by atoms with van der Waals surface area (Å²) in [6, 6.07) is 9.73. The van der Waals surface area contributed by atoms with Crippen LogP contribution in [0.5, 0.6) is 0 Å². The minimum Gasteiger partial charge on any atom is -0.325 e. The molecule has 148 valence electrons. The number of carbonyl (C=O) groups is 1. The van der Waals surface area contributed by atoms with Crippen LogP contribution in [-0.2, 0) is 11.3 Å². The third-order valence-electron chi connectivity index (χ3n) is 4.92. The standard InChI is InChI=1S/C22H22N4O2S/c1-12(2)15-5-7-16(8-6-15)25-17(27)10-26-11-23-19-18-13(3)9-14(4)24-21(18)29-20(19)22(26)28/h5-9,11-12H,10H2,1-4H3,(H,25,27). The zero-order chi connectivity index (χ0) is 20.7. The molecule has 0 atom stereocenters. The molecule has 0 unspecified atom stereocenters. The summed E-state index contributed by atoms with van der Waals surface area (Å²) in [5.41, 5.74) is 4.30. The van der Waals surface area contributed by atoms with Gasteiger partial charge in [-0.3, -0.25) is 14.2 Å². The molecule has 0 fully saturated rings. The van der Waals surface area contributed by atoms with Crippen molar-refractivity contribution in [3.63, 3.8) is 0 Å². The lowest BCUT2D eigenvalue weighted by Gasteiger charge is -2.09. The molecule has 0 aliphatic heterocycles. The summed E-state index contributed by atoms with van der Waals surface area (Å²) < 4.78 is 1.87. The van der Waals surface area contributed by atoms with Gasteiger partial charge in [0.05, 0.1) is 11.8 Å². The Morgan fingerprint density at radius 1 is 1.21 bits per heavy atom. The van der Waals surface area contributed by atoms with E-state index in [4.69, 9.17) is 0 Å².